The minimum Gasteiger partial charge on any atom is -0.370 e. The van der Waals surface area contributed by atoms with E-state index in [9.17, 15) is 0 Å². The monoisotopic (exact) mass is 294 g/mol. The van der Waals surface area contributed by atoms with Crippen molar-refractivity contribution in [3.05, 3.63) is 28.8 Å². The molecular formula is C17H27ClN2. The van der Waals surface area contributed by atoms with Crippen LogP contribution in [0.5, 0.6) is 0 Å². The third-order valence-corrected chi connectivity index (χ3v) is 4.73. The van der Waals surface area contributed by atoms with Crippen LogP contribution in [-0.2, 0) is 0 Å². The predicted octanol–water partition coefficient (Wildman–Crippen LogP) is 4.78. The molecule has 0 aliphatic heterocycles. The van der Waals surface area contributed by atoms with E-state index in [4.69, 9.17) is 11.6 Å². The van der Waals surface area contributed by atoms with E-state index in [1.54, 1.807) is 0 Å². The van der Waals surface area contributed by atoms with E-state index < -0.39 is 0 Å². The molecule has 0 aromatic heterocycles. The fourth-order valence-electron chi connectivity index (χ4n) is 3.05. The summed E-state index contributed by atoms with van der Waals surface area (Å²) in [5, 5.41) is 4.38. The highest BCUT2D eigenvalue weighted by molar-refractivity contribution is 6.33. The Kier molecular flexibility index (Phi) is 5.74. The zero-order valence-corrected chi connectivity index (χ0v) is 13.7. The van der Waals surface area contributed by atoms with Crippen molar-refractivity contribution in [2.45, 2.75) is 58.0 Å². The van der Waals surface area contributed by atoms with E-state index in [0.29, 0.717) is 12.1 Å². The highest BCUT2D eigenvalue weighted by Crippen LogP contribution is 2.33. The average Bonchev–Trinajstić information content (AvgIpc) is 2.98. The Labute approximate surface area is 128 Å². The highest BCUT2D eigenvalue weighted by Gasteiger charge is 2.21. The van der Waals surface area contributed by atoms with Gasteiger partial charge in [-0.05, 0) is 50.4 Å². The highest BCUT2D eigenvalue weighted by atomic mass is 35.5. The first kappa shape index (κ1) is 15.7. The van der Waals surface area contributed by atoms with E-state index in [2.05, 4.69) is 49.3 Å². The minimum atomic E-state index is 0.360. The van der Waals surface area contributed by atoms with Crippen LogP contribution in [0.4, 0.5) is 5.69 Å². The van der Waals surface area contributed by atoms with Crippen LogP contribution in [0.3, 0.4) is 0 Å². The Hall–Kier alpha value is -0.730. The van der Waals surface area contributed by atoms with Gasteiger partial charge in [0.05, 0.1) is 10.7 Å². The second kappa shape index (κ2) is 7.33. The Morgan fingerprint density at radius 3 is 2.65 bits per heavy atom. The van der Waals surface area contributed by atoms with E-state index in [-0.39, 0.29) is 0 Å². The molecule has 1 N–H and O–H groups in total. The number of rotatable bonds is 6. The van der Waals surface area contributed by atoms with Gasteiger partial charge in [0.1, 0.15) is 0 Å². The lowest BCUT2D eigenvalue weighted by molar-refractivity contribution is 0.570. The molecular weight excluding hydrogens is 268 g/mol. The summed E-state index contributed by atoms with van der Waals surface area (Å²) in [7, 11) is 2.18. The van der Waals surface area contributed by atoms with Crippen LogP contribution in [-0.4, -0.2) is 19.6 Å². The third kappa shape index (κ3) is 3.67. The minimum absolute atomic E-state index is 0.360. The lowest BCUT2D eigenvalue weighted by Crippen LogP contribution is -2.29. The molecule has 1 aromatic rings. The summed E-state index contributed by atoms with van der Waals surface area (Å²) in [4.78, 5) is 2.36. The predicted molar refractivity (Wildman–Crippen MR) is 88.8 cm³/mol. The van der Waals surface area contributed by atoms with Gasteiger partial charge in [-0.2, -0.15) is 0 Å². The van der Waals surface area contributed by atoms with Crippen molar-refractivity contribution in [1.82, 2.24) is 5.32 Å². The number of nitrogens with one attached hydrogen (secondary N) is 1. The normalized spacial score (nSPS) is 17.4. The summed E-state index contributed by atoms with van der Waals surface area (Å²) in [6.07, 6.45) is 6.44. The van der Waals surface area contributed by atoms with Crippen LogP contribution in [0.25, 0.3) is 0 Å². The van der Waals surface area contributed by atoms with Gasteiger partial charge >= 0.3 is 0 Å². The molecule has 0 spiro atoms. The summed E-state index contributed by atoms with van der Waals surface area (Å²) in [5.74, 6) is 0. The van der Waals surface area contributed by atoms with Crippen molar-refractivity contribution in [2.75, 3.05) is 18.5 Å². The number of anilines is 1. The summed E-state index contributed by atoms with van der Waals surface area (Å²) in [6.45, 7) is 5.43. The summed E-state index contributed by atoms with van der Waals surface area (Å²) >= 11 is 6.51. The molecule has 1 atom stereocenters. The number of halogens is 1. The van der Waals surface area contributed by atoms with Crippen molar-refractivity contribution in [1.29, 1.82) is 0 Å². The fourth-order valence-corrected chi connectivity index (χ4v) is 3.37. The summed E-state index contributed by atoms with van der Waals surface area (Å²) in [5.41, 5.74) is 2.44. The maximum atomic E-state index is 6.51. The van der Waals surface area contributed by atoms with Gasteiger partial charge in [0, 0.05) is 19.1 Å². The maximum absolute atomic E-state index is 6.51. The number of benzene rings is 1. The molecule has 2 rings (SSSR count). The number of hydrogen-bond donors (Lipinski definition) is 1. The molecule has 112 valence electrons. The van der Waals surface area contributed by atoms with Gasteiger partial charge in [-0.15, -0.1) is 0 Å². The Bertz CT molecular complexity index is 427. The zero-order chi connectivity index (χ0) is 14.5. The quantitative estimate of drug-likeness (QED) is 0.812. The molecule has 20 heavy (non-hydrogen) atoms. The lowest BCUT2D eigenvalue weighted by Gasteiger charge is -2.28. The smallest absolute Gasteiger partial charge is 0.0642 e. The van der Waals surface area contributed by atoms with Crippen molar-refractivity contribution in [3.8, 4) is 0 Å². The Morgan fingerprint density at radius 2 is 2.05 bits per heavy atom. The Morgan fingerprint density at radius 1 is 1.35 bits per heavy atom. The fraction of sp³-hybridized carbons (Fsp3) is 0.647. The molecule has 3 heteroatoms. The molecule has 1 saturated carbocycles. The molecule has 1 fully saturated rings. The molecule has 0 saturated heterocycles. The SMILES string of the molecule is CCCNC(C)c1ccc(N(C)C2CCCC2)c(Cl)c1. The van der Waals surface area contributed by atoms with Gasteiger partial charge in [0.2, 0.25) is 0 Å². The maximum Gasteiger partial charge on any atom is 0.0642 e. The van der Waals surface area contributed by atoms with E-state index in [1.165, 1.54) is 36.9 Å². The van der Waals surface area contributed by atoms with Gasteiger partial charge in [-0.1, -0.05) is 37.4 Å². The second-order valence-electron chi connectivity index (χ2n) is 5.94. The van der Waals surface area contributed by atoms with Gasteiger partial charge in [0.15, 0.2) is 0 Å². The van der Waals surface area contributed by atoms with Crippen LogP contribution in [0.15, 0.2) is 18.2 Å². The average molecular weight is 295 g/mol. The lowest BCUT2D eigenvalue weighted by atomic mass is 10.1. The Balaban J connectivity index is 2.08. The van der Waals surface area contributed by atoms with Gasteiger partial charge in [-0.25, -0.2) is 0 Å². The van der Waals surface area contributed by atoms with E-state index in [0.717, 1.165) is 18.0 Å². The number of hydrogen-bond acceptors (Lipinski definition) is 2. The van der Waals surface area contributed by atoms with Gasteiger partial charge in [-0.3, -0.25) is 0 Å². The molecule has 0 bridgehead atoms. The van der Waals surface area contributed by atoms with Crippen molar-refractivity contribution < 1.29 is 0 Å². The van der Waals surface area contributed by atoms with Crippen LogP contribution in [0, 0.1) is 0 Å². The van der Waals surface area contributed by atoms with Crippen LogP contribution in [0.2, 0.25) is 5.02 Å². The molecule has 2 nitrogen and oxygen atoms in total. The standard InChI is InChI=1S/C17H27ClN2/c1-4-11-19-13(2)14-9-10-17(16(18)12-14)20(3)15-7-5-6-8-15/h9-10,12-13,15,19H,4-8,11H2,1-3H3. The molecule has 0 radical (unpaired) electrons. The summed E-state index contributed by atoms with van der Waals surface area (Å²) < 4.78 is 0. The zero-order valence-electron chi connectivity index (χ0n) is 13.0. The first-order valence-electron chi connectivity index (χ1n) is 7.89. The third-order valence-electron chi connectivity index (χ3n) is 4.42. The molecule has 1 aromatic carbocycles. The molecule has 1 aliphatic carbocycles. The van der Waals surface area contributed by atoms with Crippen LogP contribution < -0.4 is 10.2 Å². The van der Waals surface area contributed by atoms with E-state index >= 15 is 0 Å². The molecule has 0 amide bonds. The first-order valence-corrected chi connectivity index (χ1v) is 8.27. The molecule has 1 aliphatic rings. The topological polar surface area (TPSA) is 15.3 Å². The van der Waals surface area contributed by atoms with Crippen molar-refractivity contribution in [2.24, 2.45) is 0 Å². The van der Waals surface area contributed by atoms with E-state index in [1.807, 2.05) is 0 Å². The van der Waals surface area contributed by atoms with Crippen LogP contribution >= 0.6 is 11.6 Å². The van der Waals surface area contributed by atoms with Gasteiger partial charge in [0.25, 0.3) is 0 Å². The summed E-state index contributed by atoms with van der Waals surface area (Å²) in [6, 6.07) is 7.53. The first-order chi connectivity index (χ1) is 9.63. The van der Waals surface area contributed by atoms with Crippen LogP contribution in [0.1, 0.15) is 57.6 Å². The second-order valence-corrected chi connectivity index (χ2v) is 6.34. The number of nitrogens with zero attached hydrogens (tertiary/aromatic N) is 1. The largest absolute Gasteiger partial charge is 0.370 e. The van der Waals surface area contributed by atoms with Crippen molar-refractivity contribution in [3.63, 3.8) is 0 Å². The van der Waals surface area contributed by atoms with Crippen molar-refractivity contribution >= 4 is 17.3 Å². The molecule has 0 heterocycles. The van der Waals surface area contributed by atoms with Gasteiger partial charge < -0.3 is 10.2 Å². The molecule has 1 unspecified atom stereocenters.